The highest BCUT2D eigenvalue weighted by Gasteiger charge is 2.16. The van der Waals surface area contributed by atoms with Gasteiger partial charge in [-0.15, -0.1) is 11.3 Å². The van der Waals surface area contributed by atoms with Gasteiger partial charge in [0, 0.05) is 34.6 Å². The monoisotopic (exact) mass is 405 g/mol. The summed E-state index contributed by atoms with van der Waals surface area (Å²) >= 11 is 1.54. The van der Waals surface area contributed by atoms with E-state index in [0.717, 1.165) is 28.3 Å². The molecule has 0 fully saturated rings. The number of carbonyl (C=O) groups excluding carboxylic acids is 1. The number of aryl methyl sites for hydroxylation is 1. The number of carbonyl (C=O) groups is 1. The van der Waals surface area contributed by atoms with E-state index in [2.05, 4.69) is 36.5 Å². The van der Waals surface area contributed by atoms with Crippen LogP contribution in [0.25, 0.3) is 16.2 Å². The van der Waals surface area contributed by atoms with Crippen LogP contribution in [0.5, 0.6) is 11.5 Å². The summed E-state index contributed by atoms with van der Waals surface area (Å²) in [7, 11) is 0. The van der Waals surface area contributed by atoms with E-state index in [1.54, 1.807) is 12.1 Å². The number of rotatable bonds is 5. The molecule has 1 N–H and O–H groups in total. The van der Waals surface area contributed by atoms with Crippen molar-refractivity contribution in [3.05, 3.63) is 65.3 Å². The van der Waals surface area contributed by atoms with E-state index in [1.807, 2.05) is 22.0 Å². The van der Waals surface area contributed by atoms with Gasteiger partial charge in [-0.25, -0.2) is 4.98 Å². The minimum atomic E-state index is -0.0916. The minimum absolute atomic E-state index is 0.0916. The summed E-state index contributed by atoms with van der Waals surface area (Å²) in [6.07, 6.45) is 3.27. The summed E-state index contributed by atoms with van der Waals surface area (Å²) in [5.41, 5.74) is 4.89. The third-order valence-corrected chi connectivity index (χ3v) is 5.83. The molecule has 2 aromatic heterocycles. The highest BCUT2D eigenvalue weighted by Crippen LogP contribution is 2.34. The Kier molecular flexibility index (Phi) is 4.44. The van der Waals surface area contributed by atoms with Crippen LogP contribution in [-0.2, 0) is 17.6 Å². The molecule has 0 atom stereocenters. The van der Waals surface area contributed by atoms with E-state index in [0.29, 0.717) is 17.2 Å². The quantitative estimate of drug-likeness (QED) is 0.530. The molecule has 7 heteroatoms. The zero-order valence-electron chi connectivity index (χ0n) is 15.8. The van der Waals surface area contributed by atoms with Crippen LogP contribution < -0.4 is 14.8 Å². The SMILES string of the molecule is CCc1ccc(-c2cn3c(CC(=O)Nc4ccc5c(c4)OCO5)csc3n2)cc1. The highest BCUT2D eigenvalue weighted by atomic mass is 32.1. The number of anilines is 1. The fraction of sp³-hybridized carbons (Fsp3) is 0.182. The second-order valence-electron chi connectivity index (χ2n) is 6.85. The molecule has 146 valence electrons. The average Bonchev–Trinajstić information content (AvgIpc) is 3.45. The predicted octanol–water partition coefficient (Wildman–Crippen LogP) is 4.54. The number of imidazole rings is 1. The van der Waals surface area contributed by atoms with Crippen LogP contribution in [0.1, 0.15) is 18.2 Å². The number of aromatic nitrogens is 2. The molecule has 0 radical (unpaired) electrons. The number of hydrogen-bond donors (Lipinski definition) is 1. The van der Waals surface area contributed by atoms with Crippen LogP contribution in [-0.4, -0.2) is 22.1 Å². The summed E-state index contributed by atoms with van der Waals surface area (Å²) < 4.78 is 12.7. The van der Waals surface area contributed by atoms with Gasteiger partial charge in [-0.1, -0.05) is 31.2 Å². The van der Waals surface area contributed by atoms with E-state index >= 15 is 0 Å². The average molecular weight is 405 g/mol. The lowest BCUT2D eigenvalue weighted by atomic mass is 10.1. The van der Waals surface area contributed by atoms with Crippen molar-refractivity contribution in [3.63, 3.8) is 0 Å². The topological polar surface area (TPSA) is 64.9 Å². The Balaban J connectivity index is 1.33. The van der Waals surface area contributed by atoms with E-state index < -0.39 is 0 Å². The molecule has 4 aromatic rings. The van der Waals surface area contributed by atoms with Gasteiger partial charge in [0.05, 0.1) is 12.1 Å². The van der Waals surface area contributed by atoms with Crippen molar-refractivity contribution in [2.75, 3.05) is 12.1 Å². The van der Waals surface area contributed by atoms with E-state index in [-0.39, 0.29) is 19.1 Å². The van der Waals surface area contributed by atoms with Crippen molar-refractivity contribution in [1.29, 1.82) is 0 Å². The first-order chi connectivity index (χ1) is 14.2. The molecule has 0 bridgehead atoms. The van der Waals surface area contributed by atoms with E-state index in [1.165, 1.54) is 16.9 Å². The van der Waals surface area contributed by atoms with E-state index in [4.69, 9.17) is 14.5 Å². The Labute approximate surface area is 171 Å². The number of fused-ring (bicyclic) bond motifs is 2. The molecule has 5 rings (SSSR count). The van der Waals surface area contributed by atoms with E-state index in [9.17, 15) is 4.79 Å². The predicted molar refractivity (Wildman–Crippen MR) is 113 cm³/mol. The molecule has 0 spiro atoms. The van der Waals surface area contributed by atoms with Crippen molar-refractivity contribution in [2.24, 2.45) is 0 Å². The molecule has 29 heavy (non-hydrogen) atoms. The number of benzene rings is 2. The van der Waals surface area contributed by atoms with Crippen LogP contribution in [0.4, 0.5) is 5.69 Å². The Morgan fingerprint density at radius 1 is 1.17 bits per heavy atom. The first-order valence-corrected chi connectivity index (χ1v) is 10.3. The van der Waals surface area contributed by atoms with Gasteiger partial charge >= 0.3 is 0 Å². The molecule has 0 unspecified atom stereocenters. The fourth-order valence-corrected chi connectivity index (χ4v) is 4.22. The Bertz CT molecular complexity index is 1190. The van der Waals surface area contributed by atoms with Crippen LogP contribution in [0.2, 0.25) is 0 Å². The molecule has 0 aliphatic carbocycles. The largest absolute Gasteiger partial charge is 0.454 e. The Morgan fingerprint density at radius 2 is 2.00 bits per heavy atom. The molecule has 0 saturated carbocycles. The van der Waals surface area contributed by atoms with Crippen molar-refractivity contribution >= 4 is 27.9 Å². The second kappa shape index (κ2) is 7.25. The van der Waals surface area contributed by atoms with Gasteiger partial charge in [0.1, 0.15) is 0 Å². The van der Waals surface area contributed by atoms with Gasteiger partial charge in [-0.3, -0.25) is 9.20 Å². The van der Waals surface area contributed by atoms with Crippen LogP contribution in [0.15, 0.2) is 54.0 Å². The maximum Gasteiger partial charge on any atom is 0.231 e. The fourth-order valence-electron chi connectivity index (χ4n) is 3.35. The van der Waals surface area contributed by atoms with Crippen molar-refractivity contribution in [3.8, 4) is 22.8 Å². The molecule has 1 amide bonds. The van der Waals surface area contributed by atoms with Gasteiger partial charge < -0.3 is 14.8 Å². The van der Waals surface area contributed by atoms with Gasteiger partial charge in [0.2, 0.25) is 12.7 Å². The summed E-state index contributed by atoms with van der Waals surface area (Å²) in [6.45, 7) is 2.35. The second-order valence-corrected chi connectivity index (χ2v) is 7.69. The van der Waals surface area contributed by atoms with Gasteiger partial charge in [0.25, 0.3) is 0 Å². The molecule has 1 aliphatic heterocycles. The minimum Gasteiger partial charge on any atom is -0.454 e. The van der Waals surface area contributed by atoms with Crippen LogP contribution in [0.3, 0.4) is 0 Å². The first-order valence-electron chi connectivity index (χ1n) is 9.44. The molecule has 2 aromatic carbocycles. The normalized spacial score (nSPS) is 12.4. The lowest BCUT2D eigenvalue weighted by Crippen LogP contribution is -2.15. The van der Waals surface area contributed by atoms with Crippen molar-refractivity contribution < 1.29 is 14.3 Å². The lowest BCUT2D eigenvalue weighted by molar-refractivity contribution is -0.115. The number of nitrogens with zero attached hydrogens (tertiary/aromatic N) is 2. The third-order valence-electron chi connectivity index (χ3n) is 4.94. The summed E-state index contributed by atoms with van der Waals surface area (Å²) in [4.78, 5) is 18.1. The van der Waals surface area contributed by atoms with Gasteiger partial charge in [-0.05, 0) is 24.1 Å². The maximum absolute atomic E-state index is 12.6. The smallest absolute Gasteiger partial charge is 0.231 e. The number of hydrogen-bond acceptors (Lipinski definition) is 5. The lowest BCUT2D eigenvalue weighted by Gasteiger charge is -2.06. The Morgan fingerprint density at radius 3 is 2.83 bits per heavy atom. The molecule has 6 nitrogen and oxygen atoms in total. The van der Waals surface area contributed by atoms with Gasteiger partial charge in [-0.2, -0.15) is 0 Å². The first kappa shape index (κ1) is 17.8. The van der Waals surface area contributed by atoms with Gasteiger partial charge in [0.15, 0.2) is 16.5 Å². The molecular weight excluding hydrogens is 386 g/mol. The number of nitrogens with one attached hydrogen (secondary N) is 1. The summed E-state index contributed by atoms with van der Waals surface area (Å²) in [5, 5.41) is 4.90. The Hall–Kier alpha value is -3.32. The maximum atomic E-state index is 12.6. The molecule has 1 aliphatic rings. The number of thiazole rings is 1. The molecule has 3 heterocycles. The summed E-state index contributed by atoms with van der Waals surface area (Å²) in [6, 6.07) is 13.8. The molecule has 0 saturated heterocycles. The zero-order valence-corrected chi connectivity index (χ0v) is 16.7. The van der Waals surface area contributed by atoms with Crippen molar-refractivity contribution in [1.82, 2.24) is 9.38 Å². The third kappa shape index (κ3) is 3.45. The van der Waals surface area contributed by atoms with Crippen molar-refractivity contribution in [2.45, 2.75) is 19.8 Å². The standard InChI is InChI=1S/C22H19N3O3S/c1-2-14-3-5-15(6-4-14)18-11-25-17(12-29-22(25)24-18)10-21(26)23-16-7-8-19-20(9-16)28-13-27-19/h3-9,11-12H,2,10,13H2,1H3,(H,23,26). The number of ether oxygens (including phenoxy) is 2. The number of amides is 1. The highest BCUT2D eigenvalue weighted by molar-refractivity contribution is 7.15. The zero-order chi connectivity index (χ0) is 19.8. The van der Waals surface area contributed by atoms with Crippen LogP contribution in [0, 0.1) is 0 Å². The van der Waals surface area contributed by atoms with Crippen LogP contribution >= 0.6 is 11.3 Å². The molecular formula is C22H19N3O3S. The summed E-state index contributed by atoms with van der Waals surface area (Å²) in [5.74, 6) is 1.25.